The van der Waals surface area contributed by atoms with E-state index in [9.17, 15) is 0 Å². The van der Waals surface area contributed by atoms with Crippen molar-refractivity contribution < 1.29 is 51.0 Å². The largest absolute Gasteiger partial charge is 4.00 e. The molecule has 2 unspecified atom stereocenters. The Hall–Kier alpha value is -1.66. The second-order valence-corrected chi connectivity index (χ2v) is 7.68. The average Bonchev–Trinajstić information content (AvgIpc) is 3.29. The SMILES string of the molecule is Cc1cccc2c1[C-]=C1C=CC=CC12.Cc1cccc2c1[C-]=C1C=CC=CC12.[Cl-].[Cl-].[Zr+4]. The first kappa shape index (κ1) is 25.6. The molecule has 2 atom stereocenters. The molecule has 0 amide bonds. The number of rotatable bonds is 0. The summed E-state index contributed by atoms with van der Waals surface area (Å²) in [5, 5.41) is 0. The Morgan fingerprint density at radius 2 is 1.03 bits per heavy atom. The van der Waals surface area contributed by atoms with Crippen molar-refractivity contribution >= 4 is 0 Å². The van der Waals surface area contributed by atoms with E-state index in [0.717, 1.165) is 0 Å². The predicted molar refractivity (Wildman–Crippen MR) is 116 cm³/mol. The first-order valence-electron chi connectivity index (χ1n) is 9.89. The van der Waals surface area contributed by atoms with Gasteiger partial charge in [-0.1, -0.05) is 50.3 Å². The average molecular weight is 521 g/mol. The van der Waals surface area contributed by atoms with Crippen LogP contribution in [-0.2, 0) is 26.2 Å². The maximum absolute atomic E-state index is 3.48. The fourth-order valence-corrected chi connectivity index (χ4v) is 4.39. The number of benzene rings is 2. The summed E-state index contributed by atoms with van der Waals surface area (Å²) in [5.74, 6) is 0.907. The van der Waals surface area contributed by atoms with Crippen molar-refractivity contribution in [1.82, 2.24) is 0 Å². The van der Waals surface area contributed by atoms with Gasteiger partial charge in [0.2, 0.25) is 0 Å². The van der Waals surface area contributed by atoms with Crippen LogP contribution < -0.4 is 24.8 Å². The Morgan fingerprint density at radius 1 is 0.613 bits per heavy atom. The van der Waals surface area contributed by atoms with Crippen molar-refractivity contribution in [1.29, 1.82) is 0 Å². The van der Waals surface area contributed by atoms with E-state index in [1.165, 1.54) is 44.5 Å². The van der Waals surface area contributed by atoms with E-state index in [0.29, 0.717) is 11.8 Å². The van der Waals surface area contributed by atoms with Gasteiger partial charge in [-0.3, -0.25) is 0 Å². The molecule has 152 valence electrons. The van der Waals surface area contributed by atoms with Crippen LogP contribution in [0.4, 0.5) is 0 Å². The smallest absolute Gasteiger partial charge is 1.00 e. The molecule has 2 aromatic rings. The van der Waals surface area contributed by atoms with Gasteiger partial charge in [0.1, 0.15) is 0 Å². The minimum absolute atomic E-state index is 0. The number of hydrogen-bond donors (Lipinski definition) is 0. The normalized spacial score (nSPS) is 19.7. The van der Waals surface area contributed by atoms with Crippen LogP contribution in [0.3, 0.4) is 0 Å². The maximum Gasteiger partial charge on any atom is 4.00 e. The van der Waals surface area contributed by atoms with Crippen molar-refractivity contribution in [2.45, 2.75) is 25.7 Å². The van der Waals surface area contributed by atoms with E-state index in [1.807, 2.05) is 0 Å². The van der Waals surface area contributed by atoms with Crippen LogP contribution in [0.15, 0.2) is 96.2 Å². The molecular formula is C28H22Cl2Zr. The van der Waals surface area contributed by atoms with Crippen molar-refractivity contribution in [3.8, 4) is 0 Å². The van der Waals surface area contributed by atoms with Crippen LogP contribution in [0.1, 0.15) is 45.2 Å². The third-order valence-electron chi connectivity index (χ3n) is 5.87. The molecule has 0 N–H and O–H groups in total. The summed E-state index contributed by atoms with van der Waals surface area (Å²) in [7, 11) is 0. The van der Waals surface area contributed by atoms with Crippen LogP contribution in [0.2, 0.25) is 0 Å². The Morgan fingerprint density at radius 3 is 1.45 bits per heavy atom. The molecule has 0 heterocycles. The topological polar surface area (TPSA) is 0 Å². The summed E-state index contributed by atoms with van der Waals surface area (Å²) in [5.41, 5.74) is 10.7. The molecule has 0 fully saturated rings. The summed E-state index contributed by atoms with van der Waals surface area (Å²) in [6.07, 6.45) is 24.2. The van der Waals surface area contributed by atoms with Gasteiger partial charge in [0.15, 0.2) is 0 Å². The maximum atomic E-state index is 3.48. The Bertz CT molecular complexity index is 1050. The Kier molecular flexibility index (Phi) is 8.90. The molecule has 3 heteroatoms. The number of fused-ring (bicyclic) bond motifs is 6. The van der Waals surface area contributed by atoms with Crippen molar-refractivity contribution in [3.63, 3.8) is 0 Å². The van der Waals surface area contributed by atoms with Gasteiger partial charge in [0.25, 0.3) is 0 Å². The molecule has 2 aromatic carbocycles. The van der Waals surface area contributed by atoms with Gasteiger partial charge in [0.05, 0.1) is 0 Å². The van der Waals surface area contributed by atoms with Gasteiger partial charge in [-0.2, -0.15) is 0 Å². The minimum Gasteiger partial charge on any atom is -1.00 e. The van der Waals surface area contributed by atoms with Crippen LogP contribution in [0, 0.1) is 26.0 Å². The quantitative estimate of drug-likeness (QED) is 0.447. The molecule has 6 rings (SSSR count). The standard InChI is InChI=1S/2C14H11.2ClH.Zr/c2*1-10-5-4-8-13-12-7-3-2-6-11(12)9-14(10)13;;;/h2*2-8,12H,1H3;2*1H;/q2*-1;;;+4/p-2. The molecule has 0 aromatic heterocycles. The Labute approximate surface area is 217 Å². The van der Waals surface area contributed by atoms with Gasteiger partial charge in [0, 0.05) is 0 Å². The summed E-state index contributed by atoms with van der Waals surface area (Å²) >= 11 is 0. The third kappa shape index (κ3) is 4.75. The van der Waals surface area contributed by atoms with Gasteiger partial charge < -0.3 is 24.8 Å². The second kappa shape index (κ2) is 10.8. The number of hydrogen-bond acceptors (Lipinski definition) is 0. The molecule has 0 spiro atoms. The molecule has 31 heavy (non-hydrogen) atoms. The van der Waals surface area contributed by atoms with Gasteiger partial charge >= 0.3 is 26.2 Å². The third-order valence-corrected chi connectivity index (χ3v) is 5.87. The van der Waals surface area contributed by atoms with E-state index >= 15 is 0 Å². The molecular weight excluding hydrogens is 498 g/mol. The van der Waals surface area contributed by atoms with E-state index in [4.69, 9.17) is 0 Å². The Balaban J connectivity index is 0.000000201. The fourth-order valence-electron chi connectivity index (χ4n) is 4.39. The van der Waals surface area contributed by atoms with Crippen LogP contribution in [0.5, 0.6) is 0 Å². The van der Waals surface area contributed by atoms with Crippen molar-refractivity contribution in [2.75, 3.05) is 0 Å². The molecule has 0 aliphatic heterocycles. The summed E-state index contributed by atoms with van der Waals surface area (Å²) in [6.45, 7) is 4.30. The zero-order chi connectivity index (χ0) is 19.1. The van der Waals surface area contributed by atoms with Crippen LogP contribution >= 0.6 is 0 Å². The fraction of sp³-hybridized carbons (Fsp3) is 0.143. The van der Waals surface area contributed by atoms with Crippen LogP contribution in [0.25, 0.3) is 0 Å². The molecule has 0 bridgehead atoms. The summed E-state index contributed by atoms with van der Waals surface area (Å²) in [4.78, 5) is 0. The van der Waals surface area contributed by atoms with E-state index in [2.05, 4.69) is 111 Å². The molecule has 0 saturated heterocycles. The summed E-state index contributed by atoms with van der Waals surface area (Å²) < 4.78 is 0. The van der Waals surface area contributed by atoms with Gasteiger partial charge in [-0.25, -0.2) is 0 Å². The molecule has 4 aliphatic rings. The van der Waals surface area contributed by atoms with E-state index in [-0.39, 0.29) is 51.0 Å². The van der Waals surface area contributed by atoms with E-state index < -0.39 is 0 Å². The van der Waals surface area contributed by atoms with Crippen LogP contribution in [-0.4, -0.2) is 0 Å². The number of aryl methyl sites for hydroxylation is 2. The first-order chi connectivity index (χ1) is 13.7. The van der Waals surface area contributed by atoms with Gasteiger partial charge in [-0.15, -0.1) is 105 Å². The van der Waals surface area contributed by atoms with Crippen molar-refractivity contribution in [3.05, 3.63) is 142 Å². The minimum atomic E-state index is 0. The number of allylic oxidation sites excluding steroid dienone is 10. The molecule has 4 aliphatic carbocycles. The second-order valence-electron chi connectivity index (χ2n) is 7.68. The number of halogens is 2. The van der Waals surface area contributed by atoms with E-state index in [1.54, 1.807) is 0 Å². The first-order valence-corrected chi connectivity index (χ1v) is 9.89. The zero-order valence-electron chi connectivity index (χ0n) is 17.5. The van der Waals surface area contributed by atoms with Gasteiger partial charge in [-0.05, 0) is 11.8 Å². The summed E-state index contributed by atoms with van der Waals surface area (Å²) in [6, 6.07) is 13.0. The molecule has 0 radical (unpaired) electrons. The zero-order valence-corrected chi connectivity index (χ0v) is 21.5. The van der Waals surface area contributed by atoms with Crippen molar-refractivity contribution in [2.24, 2.45) is 0 Å². The monoisotopic (exact) mass is 518 g/mol. The predicted octanol–water partition coefficient (Wildman–Crippen LogP) is 0.597. The molecule has 0 nitrogen and oxygen atoms in total. The molecule has 0 saturated carbocycles.